The molecule has 2 rings (SSSR count). The minimum Gasteiger partial charge on any atom is -0.344 e. The first-order valence-corrected chi connectivity index (χ1v) is 7.94. The highest BCUT2D eigenvalue weighted by Gasteiger charge is 2.31. The zero-order valence-corrected chi connectivity index (χ0v) is 14.2. The van der Waals surface area contributed by atoms with Crippen molar-refractivity contribution < 1.29 is 14.0 Å². The smallest absolute Gasteiger partial charge is 0.315 e. The van der Waals surface area contributed by atoms with Crippen LogP contribution in [0.1, 0.15) is 31.9 Å². The number of urea groups is 1. The molecular formula is C16H21ClFN3O2. The third-order valence-corrected chi connectivity index (χ3v) is 4.22. The van der Waals surface area contributed by atoms with E-state index in [9.17, 15) is 14.0 Å². The highest BCUT2D eigenvalue weighted by atomic mass is 35.5. The molecule has 1 aliphatic heterocycles. The molecule has 0 aromatic heterocycles. The molecule has 1 aliphatic rings. The summed E-state index contributed by atoms with van der Waals surface area (Å²) >= 11 is 5.77. The second-order valence-electron chi connectivity index (χ2n) is 6.11. The number of carbonyl (C=O) groups excluding carboxylic acids is 2. The molecule has 1 aromatic rings. The molecule has 0 aliphatic carbocycles. The van der Waals surface area contributed by atoms with Gasteiger partial charge in [0, 0.05) is 24.2 Å². The van der Waals surface area contributed by atoms with Crippen LogP contribution in [0.3, 0.4) is 0 Å². The highest BCUT2D eigenvalue weighted by Crippen LogP contribution is 2.26. The van der Waals surface area contributed by atoms with E-state index >= 15 is 0 Å². The molecule has 2 N–H and O–H groups in total. The molecule has 0 spiro atoms. The molecule has 0 bridgehead atoms. The molecule has 1 saturated heterocycles. The Labute approximate surface area is 140 Å². The van der Waals surface area contributed by atoms with Gasteiger partial charge in [-0.2, -0.15) is 0 Å². The minimum absolute atomic E-state index is 0.0293. The van der Waals surface area contributed by atoms with Gasteiger partial charge in [-0.15, -0.1) is 0 Å². The van der Waals surface area contributed by atoms with Crippen LogP contribution in [0.4, 0.5) is 9.18 Å². The number of carbonyl (C=O) groups is 2. The Morgan fingerprint density at radius 2 is 2.13 bits per heavy atom. The third-order valence-electron chi connectivity index (χ3n) is 3.98. The number of rotatable bonds is 4. The maximum atomic E-state index is 14.1. The Hall–Kier alpha value is -1.82. The third kappa shape index (κ3) is 4.13. The number of nitrogens with one attached hydrogen (secondary N) is 2. The van der Waals surface area contributed by atoms with Crippen LogP contribution < -0.4 is 10.6 Å². The van der Waals surface area contributed by atoms with Crippen molar-refractivity contribution in [1.29, 1.82) is 0 Å². The summed E-state index contributed by atoms with van der Waals surface area (Å²) in [6, 6.07) is 2.86. The van der Waals surface area contributed by atoms with Gasteiger partial charge < -0.3 is 15.5 Å². The van der Waals surface area contributed by atoms with Crippen LogP contribution in [0.5, 0.6) is 0 Å². The van der Waals surface area contributed by atoms with E-state index in [1.807, 2.05) is 13.8 Å². The van der Waals surface area contributed by atoms with Gasteiger partial charge in [-0.25, -0.2) is 9.18 Å². The summed E-state index contributed by atoms with van der Waals surface area (Å²) in [5.41, 5.74) is 0.370. The van der Waals surface area contributed by atoms with E-state index in [1.54, 1.807) is 24.1 Å². The van der Waals surface area contributed by atoms with E-state index < -0.39 is 23.9 Å². The first kappa shape index (κ1) is 17.5. The van der Waals surface area contributed by atoms with Crippen LogP contribution in [-0.2, 0) is 4.79 Å². The molecule has 1 fully saturated rings. The quantitative estimate of drug-likeness (QED) is 0.884. The molecule has 23 heavy (non-hydrogen) atoms. The second kappa shape index (κ2) is 7.17. The molecule has 1 heterocycles. The fraction of sp³-hybridized carbons (Fsp3) is 0.500. The van der Waals surface area contributed by atoms with E-state index in [1.165, 1.54) is 6.07 Å². The fourth-order valence-electron chi connectivity index (χ4n) is 2.65. The zero-order valence-electron chi connectivity index (χ0n) is 13.4. The SMILES string of the molecule is CC(C)C(NC(=O)NC1CCN(C)C1=O)c1ccc(Cl)cc1F. The Kier molecular flexibility index (Phi) is 5.46. The van der Waals surface area contributed by atoms with Crippen molar-refractivity contribution in [2.24, 2.45) is 5.92 Å². The van der Waals surface area contributed by atoms with E-state index in [2.05, 4.69) is 10.6 Å². The average molecular weight is 342 g/mol. The van der Waals surface area contributed by atoms with Gasteiger partial charge in [0.2, 0.25) is 5.91 Å². The van der Waals surface area contributed by atoms with Crippen molar-refractivity contribution in [3.63, 3.8) is 0 Å². The average Bonchev–Trinajstić information content (AvgIpc) is 2.77. The summed E-state index contributed by atoms with van der Waals surface area (Å²) < 4.78 is 14.1. The predicted octanol–water partition coefficient (Wildman–Crippen LogP) is 2.71. The van der Waals surface area contributed by atoms with Crippen LogP contribution in [-0.4, -0.2) is 36.5 Å². The highest BCUT2D eigenvalue weighted by molar-refractivity contribution is 6.30. The molecule has 5 nitrogen and oxygen atoms in total. The van der Waals surface area contributed by atoms with Gasteiger partial charge in [0.05, 0.1) is 6.04 Å². The van der Waals surface area contributed by atoms with Crippen LogP contribution >= 0.6 is 11.6 Å². The van der Waals surface area contributed by atoms with Crippen molar-refractivity contribution in [3.8, 4) is 0 Å². The molecule has 1 aromatic carbocycles. The summed E-state index contributed by atoms with van der Waals surface area (Å²) in [5.74, 6) is -0.606. The number of hydrogen-bond acceptors (Lipinski definition) is 2. The van der Waals surface area contributed by atoms with Gasteiger partial charge in [0.25, 0.3) is 0 Å². The summed E-state index contributed by atoms with van der Waals surface area (Å²) in [7, 11) is 1.70. The van der Waals surface area contributed by atoms with E-state index in [0.29, 0.717) is 23.6 Å². The van der Waals surface area contributed by atoms with Gasteiger partial charge in [0.15, 0.2) is 0 Å². The maximum absolute atomic E-state index is 14.1. The second-order valence-corrected chi connectivity index (χ2v) is 6.54. The Bertz CT molecular complexity index is 609. The normalized spacial score (nSPS) is 19.1. The number of nitrogens with zero attached hydrogens (tertiary/aromatic N) is 1. The lowest BCUT2D eigenvalue weighted by molar-refractivity contribution is -0.128. The number of likely N-dealkylation sites (N-methyl/N-ethyl adjacent to an activating group) is 1. The lowest BCUT2D eigenvalue weighted by atomic mass is 9.95. The predicted molar refractivity (Wildman–Crippen MR) is 86.7 cm³/mol. The first-order chi connectivity index (χ1) is 10.8. The Balaban J connectivity index is 2.07. The Morgan fingerprint density at radius 3 is 2.65 bits per heavy atom. The minimum atomic E-state index is -0.525. The Morgan fingerprint density at radius 1 is 1.43 bits per heavy atom. The summed E-state index contributed by atoms with van der Waals surface area (Å²) in [4.78, 5) is 25.6. The van der Waals surface area contributed by atoms with Gasteiger partial charge in [0.1, 0.15) is 11.9 Å². The van der Waals surface area contributed by atoms with Crippen molar-refractivity contribution in [1.82, 2.24) is 15.5 Å². The van der Waals surface area contributed by atoms with Gasteiger partial charge in [-0.1, -0.05) is 31.5 Å². The molecular weight excluding hydrogens is 321 g/mol. The van der Waals surface area contributed by atoms with Crippen LogP contribution in [0.2, 0.25) is 5.02 Å². The molecule has 2 atom stereocenters. The van der Waals surface area contributed by atoms with Gasteiger partial charge >= 0.3 is 6.03 Å². The number of hydrogen-bond donors (Lipinski definition) is 2. The summed E-state index contributed by atoms with van der Waals surface area (Å²) in [5, 5.41) is 5.71. The lowest BCUT2D eigenvalue weighted by Gasteiger charge is -2.24. The van der Waals surface area contributed by atoms with Crippen LogP contribution in [0.15, 0.2) is 18.2 Å². The number of halogens is 2. The standard InChI is InChI=1S/C16H21ClFN3O2/c1-9(2)14(11-5-4-10(17)8-12(11)18)20-16(23)19-13-6-7-21(3)15(13)22/h4-5,8-9,13-14H,6-7H2,1-3H3,(H2,19,20,23). The van der Waals surface area contributed by atoms with Crippen molar-refractivity contribution in [3.05, 3.63) is 34.6 Å². The maximum Gasteiger partial charge on any atom is 0.315 e. The number of amides is 3. The largest absolute Gasteiger partial charge is 0.344 e. The molecule has 2 unspecified atom stereocenters. The van der Waals surface area contributed by atoms with Crippen molar-refractivity contribution >= 4 is 23.5 Å². The molecule has 3 amide bonds. The van der Waals surface area contributed by atoms with Gasteiger partial charge in [-0.05, 0) is 24.5 Å². The fourth-order valence-corrected chi connectivity index (χ4v) is 2.81. The zero-order chi connectivity index (χ0) is 17.1. The summed E-state index contributed by atoms with van der Waals surface area (Å²) in [6.45, 7) is 4.38. The number of likely N-dealkylation sites (tertiary alicyclic amines) is 1. The van der Waals surface area contributed by atoms with Gasteiger partial charge in [-0.3, -0.25) is 4.79 Å². The molecule has 0 saturated carbocycles. The number of benzene rings is 1. The molecule has 0 radical (unpaired) electrons. The van der Waals surface area contributed by atoms with Crippen molar-refractivity contribution in [2.75, 3.05) is 13.6 Å². The van der Waals surface area contributed by atoms with E-state index in [4.69, 9.17) is 11.6 Å². The van der Waals surface area contributed by atoms with Crippen LogP contribution in [0, 0.1) is 11.7 Å². The lowest BCUT2D eigenvalue weighted by Crippen LogP contribution is -2.47. The molecule has 7 heteroatoms. The molecule has 126 valence electrons. The monoisotopic (exact) mass is 341 g/mol. The van der Waals surface area contributed by atoms with Crippen LogP contribution in [0.25, 0.3) is 0 Å². The van der Waals surface area contributed by atoms with E-state index in [-0.39, 0.29) is 11.8 Å². The topological polar surface area (TPSA) is 61.4 Å². The first-order valence-electron chi connectivity index (χ1n) is 7.56. The van der Waals surface area contributed by atoms with E-state index in [0.717, 1.165) is 0 Å². The van der Waals surface area contributed by atoms with Crippen molar-refractivity contribution in [2.45, 2.75) is 32.4 Å². The summed E-state index contributed by atoms with van der Waals surface area (Å²) in [6.07, 6.45) is 0.574.